The van der Waals surface area contributed by atoms with Gasteiger partial charge in [0.25, 0.3) is 0 Å². The van der Waals surface area contributed by atoms with Crippen LogP contribution in [0.2, 0.25) is 0 Å². The van der Waals surface area contributed by atoms with Gasteiger partial charge < -0.3 is 5.32 Å². The van der Waals surface area contributed by atoms with Crippen molar-refractivity contribution in [3.63, 3.8) is 0 Å². The molecule has 1 aromatic rings. The largest absolute Gasteiger partial charge is 0.314 e. The maximum atomic E-state index is 3.66. The summed E-state index contributed by atoms with van der Waals surface area (Å²) in [5.74, 6) is 0. The van der Waals surface area contributed by atoms with E-state index < -0.39 is 0 Å². The fourth-order valence-corrected chi connectivity index (χ4v) is 4.12. The first kappa shape index (κ1) is 15.5. The van der Waals surface area contributed by atoms with Crippen molar-refractivity contribution in [1.82, 2.24) is 10.2 Å². The second-order valence-electron chi connectivity index (χ2n) is 5.63. The Hall–Kier alpha value is 0.100. The zero-order valence-corrected chi connectivity index (χ0v) is 14.4. The van der Waals surface area contributed by atoms with Crippen molar-refractivity contribution in [1.29, 1.82) is 0 Å². The molecule has 0 atom stereocenters. The number of nitrogens with one attached hydrogen (secondary N) is 1. The van der Waals surface area contributed by atoms with Gasteiger partial charge in [0.05, 0.1) is 3.79 Å². The van der Waals surface area contributed by atoms with Gasteiger partial charge in [0.2, 0.25) is 0 Å². The molecule has 1 heterocycles. The molecule has 1 fully saturated rings. The molecule has 108 valence electrons. The van der Waals surface area contributed by atoms with Crippen LogP contribution in [0.25, 0.3) is 0 Å². The van der Waals surface area contributed by atoms with Crippen LogP contribution < -0.4 is 5.32 Å². The van der Waals surface area contributed by atoms with Crippen molar-refractivity contribution in [2.75, 3.05) is 13.6 Å². The molecule has 1 N–H and O–H groups in total. The van der Waals surface area contributed by atoms with Gasteiger partial charge in [-0.1, -0.05) is 6.92 Å². The predicted octanol–water partition coefficient (Wildman–Crippen LogP) is 4.25. The van der Waals surface area contributed by atoms with E-state index in [1.165, 1.54) is 48.0 Å². The van der Waals surface area contributed by atoms with E-state index in [9.17, 15) is 0 Å². The van der Waals surface area contributed by atoms with E-state index in [2.05, 4.69) is 51.6 Å². The second kappa shape index (κ2) is 7.77. The van der Waals surface area contributed by atoms with Crippen molar-refractivity contribution >= 4 is 27.3 Å². The van der Waals surface area contributed by atoms with Crippen molar-refractivity contribution in [3.8, 4) is 0 Å². The molecule has 1 saturated carbocycles. The van der Waals surface area contributed by atoms with Crippen molar-refractivity contribution in [2.45, 2.75) is 57.7 Å². The summed E-state index contributed by atoms with van der Waals surface area (Å²) in [6, 6.07) is 3.77. The highest BCUT2D eigenvalue weighted by atomic mass is 79.9. The molecule has 0 saturated heterocycles. The van der Waals surface area contributed by atoms with Crippen LogP contribution >= 0.6 is 27.3 Å². The Morgan fingerprint density at radius 1 is 1.37 bits per heavy atom. The maximum absolute atomic E-state index is 3.66. The Morgan fingerprint density at radius 3 is 2.68 bits per heavy atom. The SMILES string of the molecule is CCCNC1CCC(N(C)Cc2csc(Br)c2)CC1. The Kier molecular flexibility index (Phi) is 6.33. The van der Waals surface area contributed by atoms with Crippen LogP contribution in [0.4, 0.5) is 0 Å². The first-order chi connectivity index (χ1) is 9.19. The van der Waals surface area contributed by atoms with E-state index in [0.29, 0.717) is 0 Å². The molecule has 4 heteroatoms. The van der Waals surface area contributed by atoms with Gasteiger partial charge in [0.15, 0.2) is 0 Å². The van der Waals surface area contributed by atoms with Gasteiger partial charge in [-0.2, -0.15) is 0 Å². The fourth-order valence-electron chi connectivity index (χ4n) is 2.91. The summed E-state index contributed by atoms with van der Waals surface area (Å²) in [5.41, 5.74) is 1.44. The Morgan fingerprint density at radius 2 is 2.11 bits per heavy atom. The summed E-state index contributed by atoms with van der Waals surface area (Å²) in [7, 11) is 2.27. The van der Waals surface area contributed by atoms with Crippen LogP contribution in [0.3, 0.4) is 0 Å². The third-order valence-corrected chi connectivity index (χ3v) is 5.61. The lowest BCUT2D eigenvalue weighted by molar-refractivity contribution is 0.168. The Bertz CT molecular complexity index is 372. The van der Waals surface area contributed by atoms with Crippen molar-refractivity contribution in [2.24, 2.45) is 0 Å². The van der Waals surface area contributed by atoms with Gasteiger partial charge in [-0.25, -0.2) is 0 Å². The standard InChI is InChI=1S/C15H25BrN2S/c1-3-8-17-13-4-6-14(7-5-13)18(2)10-12-9-15(16)19-11-12/h9,11,13-14,17H,3-8,10H2,1-2H3. The molecule has 0 aliphatic heterocycles. The third kappa shape index (κ3) is 4.85. The van der Waals surface area contributed by atoms with Crippen LogP contribution in [-0.2, 0) is 6.54 Å². The molecule has 0 unspecified atom stereocenters. The number of halogens is 1. The molecular weight excluding hydrogens is 320 g/mol. The van der Waals surface area contributed by atoms with Crippen LogP contribution in [-0.4, -0.2) is 30.6 Å². The lowest BCUT2D eigenvalue weighted by atomic mass is 9.90. The van der Waals surface area contributed by atoms with Gasteiger partial charge in [0.1, 0.15) is 0 Å². The normalized spacial score (nSPS) is 24.0. The average Bonchev–Trinajstić information content (AvgIpc) is 2.82. The monoisotopic (exact) mass is 344 g/mol. The van der Waals surface area contributed by atoms with Gasteiger partial charge in [-0.3, -0.25) is 4.90 Å². The zero-order chi connectivity index (χ0) is 13.7. The fraction of sp³-hybridized carbons (Fsp3) is 0.733. The number of rotatable bonds is 6. The van der Waals surface area contributed by atoms with E-state index >= 15 is 0 Å². The highest BCUT2D eigenvalue weighted by Gasteiger charge is 2.23. The maximum Gasteiger partial charge on any atom is 0.0701 e. The number of hydrogen-bond acceptors (Lipinski definition) is 3. The minimum absolute atomic E-state index is 0.762. The molecule has 0 radical (unpaired) electrons. The van der Waals surface area contributed by atoms with E-state index in [4.69, 9.17) is 0 Å². The van der Waals surface area contributed by atoms with E-state index in [0.717, 1.165) is 18.6 Å². The van der Waals surface area contributed by atoms with Crippen molar-refractivity contribution < 1.29 is 0 Å². The average molecular weight is 345 g/mol. The number of hydrogen-bond donors (Lipinski definition) is 1. The summed E-state index contributed by atoms with van der Waals surface area (Å²) in [6.45, 7) is 4.50. The highest BCUT2D eigenvalue weighted by Crippen LogP contribution is 2.26. The second-order valence-corrected chi connectivity index (χ2v) is 7.92. The van der Waals surface area contributed by atoms with Crippen LogP contribution in [0.1, 0.15) is 44.6 Å². The van der Waals surface area contributed by atoms with Gasteiger partial charge in [-0.05, 0) is 78.6 Å². The van der Waals surface area contributed by atoms with E-state index in [1.807, 2.05) is 0 Å². The van der Waals surface area contributed by atoms with Crippen LogP contribution in [0.5, 0.6) is 0 Å². The van der Waals surface area contributed by atoms with E-state index in [-0.39, 0.29) is 0 Å². The third-order valence-electron chi connectivity index (χ3n) is 4.06. The Balaban J connectivity index is 1.74. The van der Waals surface area contributed by atoms with Crippen LogP contribution in [0, 0.1) is 0 Å². The minimum atomic E-state index is 0.762. The zero-order valence-electron chi connectivity index (χ0n) is 12.0. The summed E-state index contributed by atoms with van der Waals surface area (Å²) >= 11 is 5.32. The molecule has 19 heavy (non-hydrogen) atoms. The first-order valence-electron chi connectivity index (χ1n) is 7.35. The van der Waals surface area contributed by atoms with Crippen molar-refractivity contribution in [3.05, 3.63) is 20.8 Å². The molecule has 2 rings (SSSR count). The molecule has 1 aromatic heterocycles. The number of thiophene rings is 1. The van der Waals surface area contributed by atoms with Gasteiger partial charge >= 0.3 is 0 Å². The molecule has 0 spiro atoms. The predicted molar refractivity (Wildman–Crippen MR) is 87.8 cm³/mol. The summed E-state index contributed by atoms with van der Waals surface area (Å²) in [4.78, 5) is 2.53. The van der Waals surface area contributed by atoms with Crippen LogP contribution in [0.15, 0.2) is 15.2 Å². The number of nitrogens with zero attached hydrogens (tertiary/aromatic N) is 1. The minimum Gasteiger partial charge on any atom is -0.314 e. The molecule has 1 aliphatic rings. The molecule has 1 aliphatic carbocycles. The smallest absolute Gasteiger partial charge is 0.0701 e. The summed E-state index contributed by atoms with van der Waals surface area (Å²) < 4.78 is 1.24. The quantitative estimate of drug-likeness (QED) is 0.829. The molecule has 0 aromatic carbocycles. The topological polar surface area (TPSA) is 15.3 Å². The Labute approximate surface area is 129 Å². The summed E-state index contributed by atoms with van der Waals surface area (Å²) in [5, 5.41) is 5.92. The lowest BCUT2D eigenvalue weighted by Crippen LogP contribution is -2.40. The lowest BCUT2D eigenvalue weighted by Gasteiger charge is -2.35. The van der Waals surface area contributed by atoms with E-state index in [1.54, 1.807) is 11.3 Å². The molecule has 0 amide bonds. The first-order valence-corrected chi connectivity index (χ1v) is 9.03. The molecular formula is C15H25BrN2S. The molecule has 0 bridgehead atoms. The van der Waals surface area contributed by atoms with Gasteiger partial charge in [-0.15, -0.1) is 11.3 Å². The highest BCUT2D eigenvalue weighted by molar-refractivity contribution is 9.11. The summed E-state index contributed by atoms with van der Waals surface area (Å²) in [6.07, 6.45) is 6.59. The van der Waals surface area contributed by atoms with Gasteiger partial charge in [0, 0.05) is 18.6 Å². The molecule has 2 nitrogen and oxygen atoms in total.